The Morgan fingerprint density at radius 2 is 2.06 bits per heavy atom. The fraction of sp³-hybridized carbons (Fsp3) is 0.545. The standard InChI is InChI=1S/C22H28N4O4S/c27-15-26(18-1-2-18)21-13-20(19-3-8-23-22(19)24-21)17-4-9-25(10-5-17)31(28,29)14-16-6-11-30-12-7-16/h3-4,8,13,15-16,18H,1-2,5-7,9-12,14H2,(H,23,24). The van der Waals surface area contributed by atoms with Crippen LogP contribution in [0.3, 0.4) is 0 Å². The molecule has 1 amide bonds. The van der Waals surface area contributed by atoms with E-state index in [1.165, 1.54) is 0 Å². The number of rotatable bonds is 7. The third-order valence-electron chi connectivity index (χ3n) is 6.53. The maximum absolute atomic E-state index is 12.9. The lowest BCUT2D eigenvalue weighted by atomic mass is 9.98. The molecule has 0 radical (unpaired) electrons. The second-order valence-electron chi connectivity index (χ2n) is 8.68. The van der Waals surface area contributed by atoms with Gasteiger partial charge in [-0.15, -0.1) is 0 Å². The topological polar surface area (TPSA) is 95.6 Å². The van der Waals surface area contributed by atoms with E-state index in [9.17, 15) is 13.2 Å². The number of hydrogen-bond acceptors (Lipinski definition) is 5. The number of sulfonamides is 1. The fourth-order valence-electron chi connectivity index (χ4n) is 4.57. The molecule has 2 fully saturated rings. The van der Waals surface area contributed by atoms with Crippen LogP contribution in [0.1, 0.15) is 37.7 Å². The number of aromatic amines is 1. The second-order valence-corrected chi connectivity index (χ2v) is 10.7. The van der Waals surface area contributed by atoms with Crippen LogP contribution in [0.15, 0.2) is 24.4 Å². The highest BCUT2D eigenvalue weighted by Gasteiger charge is 2.32. The number of nitrogens with one attached hydrogen (secondary N) is 1. The molecule has 4 heterocycles. The van der Waals surface area contributed by atoms with Gasteiger partial charge in [0.1, 0.15) is 11.5 Å². The molecule has 31 heavy (non-hydrogen) atoms. The first-order chi connectivity index (χ1) is 15.0. The van der Waals surface area contributed by atoms with Crippen molar-refractivity contribution in [2.45, 2.75) is 38.1 Å². The van der Waals surface area contributed by atoms with Crippen molar-refractivity contribution >= 4 is 38.9 Å². The Morgan fingerprint density at radius 1 is 1.26 bits per heavy atom. The summed E-state index contributed by atoms with van der Waals surface area (Å²) in [7, 11) is -3.29. The summed E-state index contributed by atoms with van der Waals surface area (Å²) in [4.78, 5) is 21.1. The van der Waals surface area contributed by atoms with Crippen LogP contribution in [0.2, 0.25) is 0 Å². The summed E-state index contributed by atoms with van der Waals surface area (Å²) < 4.78 is 32.8. The minimum Gasteiger partial charge on any atom is -0.381 e. The Balaban J connectivity index is 1.38. The predicted molar refractivity (Wildman–Crippen MR) is 119 cm³/mol. The lowest BCUT2D eigenvalue weighted by Crippen LogP contribution is -2.39. The van der Waals surface area contributed by atoms with E-state index in [1.807, 2.05) is 24.4 Å². The number of aromatic nitrogens is 2. The quantitative estimate of drug-likeness (QED) is 0.662. The van der Waals surface area contributed by atoms with Crippen molar-refractivity contribution in [3.63, 3.8) is 0 Å². The molecular weight excluding hydrogens is 416 g/mol. The third kappa shape index (κ3) is 4.26. The van der Waals surface area contributed by atoms with Crippen LogP contribution in [-0.2, 0) is 19.6 Å². The van der Waals surface area contributed by atoms with Crippen LogP contribution in [0.5, 0.6) is 0 Å². The minimum atomic E-state index is -3.29. The Labute approximate surface area is 182 Å². The molecule has 0 atom stereocenters. The summed E-state index contributed by atoms with van der Waals surface area (Å²) in [5, 5.41) is 0.996. The number of H-pyrrole nitrogens is 1. The zero-order valence-corrected chi connectivity index (χ0v) is 18.3. The van der Waals surface area contributed by atoms with Crippen molar-refractivity contribution < 1.29 is 17.9 Å². The SMILES string of the molecule is O=CN(c1cc(C2=CCN(S(=O)(=O)CC3CCOCC3)CC2)c2cc[nH]c2n1)C1CC1. The maximum atomic E-state index is 12.9. The summed E-state index contributed by atoms with van der Waals surface area (Å²) in [5.41, 5.74) is 2.87. The van der Waals surface area contributed by atoms with Gasteiger partial charge in [0.25, 0.3) is 0 Å². The van der Waals surface area contributed by atoms with Crippen LogP contribution in [0.25, 0.3) is 16.6 Å². The molecule has 1 aliphatic carbocycles. The number of nitrogens with zero attached hydrogens (tertiary/aromatic N) is 3. The molecule has 2 aliphatic heterocycles. The van der Waals surface area contributed by atoms with E-state index in [4.69, 9.17) is 4.74 Å². The fourth-order valence-corrected chi connectivity index (χ4v) is 6.38. The molecule has 3 aliphatic rings. The number of ether oxygens (including phenoxy) is 1. The Kier molecular flexibility index (Phi) is 5.58. The van der Waals surface area contributed by atoms with Gasteiger partial charge in [0.05, 0.1) is 5.75 Å². The summed E-state index contributed by atoms with van der Waals surface area (Å²) >= 11 is 0. The summed E-state index contributed by atoms with van der Waals surface area (Å²) in [6, 6.07) is 4.19. The largest absolute Gasteiger partial charge is 0.381 e. The van der Waals surface area contributed by atoms with Crippen LogP contribution in [0, 0.1) is 5.92 Å². The average Bonchev–Trinajstić information content (AvgIpc) is 3.50. The summed E-state index contributed by atoms with van der Waals surface area (Å²) in [5.74, 6) is 1.04. The highest BCUT2D eigenvalue weighted by atomic mass is 32.2. The van der Waals surface area contributed by atoms with Gasteiger partial charge in [-0.05, 0) is 61.3 Å². The zero-order valence-electron chi connectivity index (χ0n) is 17.5. The third-order valence-corrected chi connectivity index (χ3v) is 8.54. The van der Waals surface area contributed by atoms with Gasteiger partial charge in [-0.3, -0.25) is 9.69 Å². The molecular formula is C22H28N4O4S. The van der Waals surface area contributed by atoms with Gasteiger partial charge < -0.3 is 9.72 Å². The van der Waals surface area contributed by atoms with Crippen LogP contribution >= 0.6 is 0 Å². The molecule has 8 nitrogen and oxygen atoms in total. The lowest BCUT2D eigenvalue weighted by molar-refractivity contribution is -0.107. The normalized spacial score (nSPS) is 21.2. The van der Waals surface area contributed by atoms with Crippen LogP contribution in [0.4, 0.5) is 5.82 Å². The molecule has 5 rings (SSSR count). The van der Waals surface area contributed by atoms with Crippen molar-refractivity contribution in [1.29, 1.82) is 0 Å². The molecule has 2 aromatic rings. The van der Waals surface area contributed by atoms with Gasteiger partial charge in [-0.25, -0.2) is 13.4 Å². The van der Waals surface area contributed by atoms with Crippen molar-refractivity contribution in [2.24, 2.45) is 5.92 Å². The minimum absolute atomic E-state index is 0.183. The van der Waals surface area contributed by atoms with E-state index in [1.54, 1.807) is 9.21 Å². The average molecular weight is 445 g/mol. The number of pyridine rings is 1. The van der Waals surface area contributed by atoms with Gasteiger partial charge >= 0.3 is 0 Å². The number of hydrogen-bond donors (Lipinski definition) is 1. The first kappa shape index (κ1) is 20.7. The van der Waals surface area contributed by atoms with E-state index in [-0.39, 0.29) is 17.7 Å². The maximum Gasteiger partial charge on any atom is 0.215 e. The van der Waals surface area contributed by atoms with Gasteiger partial charge in [0.2, 0.25) is 16.4 Å². The molecule has 0 unspecified atom stereocenters. The molecule has 0 aromatic carbocycles. The predicted octanol–water partition coefficient (Wildman–Crippen LogP) is 2.53. The van der Waals surface area contributed by atoms with Crippen LogP contribution in [-0.4, -0.2) is 67.2 Å². The van der Waals surface area contributed by atoms with Gasteiger partial charge in [-0.1, -0.05) is 6.08 Å². The monoisotopic (exact) mass is 444 g/mol. The Bertz CT molecular complexity index is 1100. The highest BCUT2D eigenvalue weighted by Crippen LogP contribution is 2.35. The van der Waals surface area contributed by atoms with E-state index in [0.717, 1.165) is 54.3 Å². The van der Waals surface area contributed by atoms with E-state index in [0.29, 0.717) is 38.5 Å². The molecule has 0 spiro atoms. The molecule has 9 heteroatoms. The molecule has 1 N–H and O–H groups in total. The first-order valence-electron chi connectivity index (χ1n) is 11.0. The van der Waals surface area contributed by atoms with Crippen molar-refractivity contribution in [1.82, 2.24) is 14.3 Å². The smallest absolute Gasteiger partial charge is 0.215 e. The van der Waals surface area contributed by atoms with Crippen LogP contribution < -0.4 is 4.90 Å². The molecule has 0 bridgehead atoms. The van der Waals surface area contributed by atoms with E-state index >= 15 is 0 Å². The summed E-state index contributed by atoms with van der Waals surface area (Å²) in [6.07, 6.45) is 8.99. The Morgan fingerprint density at radius 3 is 2.74 bits per heavy atom. The number of anilines is 1. The number of fused-ring (bicyclic) bond motifs is 1. The second kappa shape index (κ2) is 8.37. The first-order valence-corrected chi connectivity index (χ1v) is 12.6. The number of amides is 1. The van der Waals surface area contributed by atoms with Gasteiger partial charge in [-0.2, -0.15) is 4.31 Å². The summed E-state index contributed by atoms with van der Waals surface area (Å²) in [6.45, 7) is 2.16. The molecule has 166 valence electrons. The van der Waals surface area contributed by atoms with E-state index in [2.05, 4.69) is 9.97 Å². The Hall–Kier alpha value is -2.23. The number of carbonyl (C=O) groups is 1. The molecule has 2 aromatic heterocycles. The van der Waals surface area contributed by atoms with Crippen molar-refractivity contribution in [3.05, 3.63) is 30.0 Å². The van der Waals surface area contributed by atoms with Crippen molar-refractivity contribution in [2.75, 3.05) is 37.0 Å². The van der Waals surface area contributed by atoms with Gasteiger partial charge in [0, 0.05) is 43.9 Å². The lowest BCUT2D eigenvalue weighted by Gasteiger charge is -2.29. The highest BCUT2D eigenvalue weighted by molar-refractivity contribution is 7.89. The van der Waals surface area contributed by atoms with Crippen molar-refractivity contribution in [3.8, 4) is 0 Å². The van der Waals surface area contributed by atoms with Gasteiger partial charge in [0.15, 0.2) is 0 Å². The van der Waals surface area contributed by atoms with E-state index < -0.39 is 10.0 Å². The molecule has 1 saturated carbocycles. The number of carbonyl (C=O) groups excluding carboxylic acids is 1. The molecule has 1 saturated heterocycles. The zero-order chi connectivity index (χ0) is 21.4.